The van der Waals surface area contributed by atoms with Gasteiger partial charge in [-0.2, -0.15) is 0 Å². The first-order valence-electron chi connectivity index (χ1n) is 6.61. The number of ether oxygens (including phenoxy) is 1. The molecule has 122 valence electrons. The molecule has 23 heavy (non-hydrogen) atoms. The smallest absolute Gasteiger partial charge is 0.339 e. The molecule has 0 unspecified atom stereocenters. The van der Waals surface area contributed by atoms with Crippen LogP contribution in [-0.2, 0) is 14.8 Å². The van der Waals surface area contributed by atoms with Crippen molar-refractivity contribution in [2.24, 2.45) is 0 Å². The number of hydrazine groups is 1. The summed E-state index contributed by atoms with van der Waals surface area (Å²) in [6, 6.07) is 7.48. The molecule has 0 saturated heterocycles. The van der Waals surface area contributed by atoms with Crippen LogP contribution in [0.15, 0.2) is 35.2 Å². The van der Waals surface area contributed by atoms with Crippen LogP contribution >= 0.6 is 0 Å². The summed E-state index contributed by atoms with van der Waals surface area (Å²) in [4.78, 5) is 21.8. The van der Waals surface area contributed by atoms with Gasteiger partial charge in [-0.25, -0.2) is 23.2 Å². The fourth-order valence-electron chi connectivity index (χ4n) is 1.93. The number of aromatic nitrogens is 2. The zero-order valence-corrected chi connectivity index (χ0v) is 13.6. The van der Waals surface area contributed by atoms with Crippen LogP contribution < -0.4 is 10.3 Å². The maximum Gasteiger partial charge on any atom is 0.339 e. The van der Waals surface area contributed by atoms with Crippen molar-refractivity contribution in [2.75, 3.05) is 12.5 Å². The highest BCUT2D eigenvalue weighted by Gasteiger charge is 2.22. The number of carbonyl (C=O) groups excluding carboxylic acids is 1. The molecule has 1 aromatic carbocycles. The van der Waals surface area contributed by atoms with Crippen molar-refractivity contribution >= 4 is 21.9 Å². The Morgan fingerprint density at radius 2 is 1.74 bits per heavy atom. The minimum absolute atomic E-state index is 0.0642. The molecule has 2 aromatic rings. The Labute approximate surface area is 133 Å². The molecule has 0 aliphatic carbocycles. The van der Waals surface area contributed by atoms with Crippen LogP contribution in [0.3, 0.4) is 0 Å². The standard InChI is InChI=1S/C14H16N4O4S/c1-9-8-10(2)16-14(15-9)17-18-23(20,21)12-7-5-4-6-11(12)13(19)22-3/h4-8,18H,1-3H3,(H,15,16,17). The van der Waals surface area contributed by atoms with Gasteiger partial charge < -0.3 is 4.74 Å². The van der Waals surface area contributed by atoms with Crippen LogP contribution in [0, 0.1) is 13.8 Å². The molecule has 1 heterocycles. The van der Waals surface area contributed by atoms with Gasteiger partial charge in [-0.1, -0.05) is 12.1 Å². The maximum atomic E-state index is 12.4. The zero-order valence-electron chi connectivity index (χ0n) is 12.8. The first kappa shape index (κ1) is 16.8. The van der Waals surface area contributed by atoms with E-state index in [0.717, 1.165) is 0 Å². The van der Waals surface area contributed by atoms with Gasteiger partial charge in [-0.15, -0.1) is 4.83 Å². The number of carbonyl (C=O) groups is 1. The summed E-state index contributed by atoms with van der Waals surface area (Å²) in [6.45, 7) is 3.53. The minimum Gasteiger partial charge on any atom is -0.465 e. The molecule has 9 heteroatoms. The number of nitrogens with zero attached hydrogens (tertiary/aromatic N) is 2. The van der Waals surface area contributed by atoms with Crippen molar-refractivity contribution in [3.8, 4) is 0 Å². The van der Waals surface area contributed by atoms with E-state index in [4.69, 9.17) is 0 Å². The molecule has 1 aromatic heterocycles. The second-order valence-electron chi connectivity index (χ2n) is 4.69. The van der Waals surface area contributed by atoms with Gasteiger partial charge in [0.1, 0.15) is 0 Å². The third kappa shape index (κ3) is 4.02. The Morgan fingerprint density at radius 3 is 2.35 bits per heavy atom. The summed E-state index contributed by atoms with van der Waals surface area (Å²) in [7, 11) is -2.83. The van der Waals surface area contributed by atoms with Crippen molar-refractivity contribution in [2.45, 2.75) is 18.7 Å². The molecule has 0 spiro atoms. The summed E-state index contributed by atoms with van der Waals surface area (Å²) in [6.07, 6.45) is 0. The lowest BCUT2D eigenvalue weighted by Gasteiger charge is -2.11. The first-order chi connectivity index (χ1) is 10.8. The summed E-state index contributed by atoms with van der Waals surface area (Å²) in [5.74, 6) is -0.629. The summed E-state index contributed by atoms with van der Waals surface area (Å²) in [5.41, 5.74) is 3.75. The number of hydrogen-bond donors (Lipinski definition) is 2. The number of methoxy groups -OCH3 is 1. The lowest BCUT2D eigenvalue weighted by Crippen LogP contribution is -2.31. The predicted octanol–water partition coefficient (Wildman–Crippen LogP) is 1.19. The third-order valence-electron chi connectivity index (χ3n) is 2.86. The largest absolute Gasteiger partial charge is 0.465 e. The lowest BCUT2D eigenvalue weighted by atomic mass is 10.2. The van der Waals surface area contributed by atoms with Crippen molar-refractivity contribution < 1.29 is 17.9 Å². The Hall–Kier alpha value is -2.52. The van der Waals surface area contributed by atoms with Crippen LogP contribution in [0.4, 0.5) is 5.95 Å². The Kier molecular flexibility index (Phi) is 4.92. The number of rotatable bonds is 5. The highest BCUT2D eigenvalue weighted by Crippen LogP contribution is 2.16. The average molecular weight is 336 g/mol. The molecule has 8 nitrogen and oxygen atoms in total. The molecule has 0 fully saturated rings. The van der Waals surface area contributed by atoms with Crippen molar-refractivity contribution in [3.05, 3.63) is 47.3 Å². The van der Waals surface area contributed by atoms with Crippen molar-refractivity contribution in [1.82, 2.24) is 14.8 Å². The van der Waals surface area contributed by atoms with Crippen LogP contribution in [0.25, 0.3) is 0 Å². The van der Waals surface area contributed by atoms with Crippen LogP contribution in [0.5, 0.6) is 0 Å². The van der Waals surface area contributed by atoms with Crippen molar-refractivity contribution in [1.29, 1.82) is 0 Å². The van der Waals surface area contributed by atoms with E-state index >= 15 is 0 Å². The van der Waals surface area contributed by atoms with Gasteiger partial charge >= 0.3 is 5.97 Å². The molecule has 2 N–H and O–H groups in total. The number of benzene rings is 1. The van der Waals surface area contributed by atoms with E-state index in [2.05, 4.69) is 25.0 Å². The topological polar surface area (TPSA) is 110 Å². The Balaban J connectivity index is 2.28. The van der Waals surface area contributed by atoms with Crippen molar-refractivity contribution in [3.63, 3.8) is 0 Å². The van der Waals surface area contributed by atoms with Crippen LogP contribution in [0.1, 0.15) is 21.7 Å². The summed E-state index contributed by atoms with van der Waals surface area (Å²) >= 11 is 0. The molecule has 0 aliphatic heterocycles. The second kappa shape index (κ2) is 6.71. The van der Waals surface area contributed by atoms with Crippen LogP contribution in [-0.4, -0.2) is 31.5 Å². The molecule has 0 atom stereocenters. The van der Waals surface area contributed by atoms with Gasteiger partial charge in [0.2, 0.25) is 5.95 Å². The summed E-state index contributed by atoms with van der Waals surface area (Å²) < 4.78 is 29.3. The first-order valence-corrected chi connectivity index (χ1v) is 8.09. The minimum atomic E-state index is -4.01. The SMILES string of the molecule is COC(=O)c1ccccc1S(=O)(=O)NNc1nc(C)cc(C)n1. The quantitative estimate of drug-likeness (QED) is 0.623. The fourth-order valence-corrected chi connectivity index (χ4v) is 2.96. The van der Waals surface area contributed by atoms with E-state index in [-0.39, 0.29) is 16.4 Å². The van der Waals surface area contributed by atoms with E-state index in [1.54, 1.807) is 26.0 Å². The Bertz CT molecular complexity index is 816. The monoisotopic (exact) mass is 336 g/mol. The molecule has 0 amide bonds. The highest BCUT2D eigenvalue weighted by atomic mass is 32.2. The van der Waals surface area contributed by atoms with E-state index in [1.165, 1.54) is 25.3 Å². The fraction of sp³-hybridized carbons (Fsp3) is 0.214. The van der Waals surface area contributed by atoms with E-state index < -0.39 is 16.0 Å². The number of nitrogens with one attached hydrogen (secondary N) is 2. The molecule has 0 saturated carbocycles. The molecular formula is C14H16N4O4S. The molecule has 0 aliphatic rings. The van der Waals surface area contributed by atoms with Gasteiger partial charge in [-0.05, 0) is 32.0 Å². The molecule has 0 bridgehead atoms. The van der Waals surface area contributed by atoms with Crippen LogP contribution in [0.2, 0.25) is 0 Å². The zero-order chi connectivity index (χ0) is 17.0. The predicted molar refractivity (Wildman–Crippen MR) is 83.2 cm³/mol. The van der Waals surface area contributed by atoms with E-state index in [0.29, 0.717) is 11.4 Å². The van der Waals surface area contributed by atoms with E-state index in [1.807, 2.05) is 0 Å². The number of anilines is 1. The highest BCUT2D eigenvalue weighted by molar-refractivity contribution is 7.89. The van der Waals surface area contributed by atoms with Gasteiger partial charge in [0.05, 0.1) is 17.6 Å². The normalized spacial score (nSPS) is 11.1. The molecule has 0 radical (unpaired) electrons. The second-order valence-corrected chi connectivity index (χ2v) is 6.34. The molecule has 2 rings (SSSR count). The van der Waals surface area contributed by atoms with E-state index in [9.17, 15) is 13.2 Å². The van der Waals surface area contributed by atoms with Gasteiger partial charge in [0.15, 0.2) is 0 Å². The van der Waals surface area contributed by atoms with Gasteiger partial charge in [-0.3, -0.25) is 5.43 Å². The number of aryl methyl sites for hydroxylation is 2. The third-order valence-corrected chi connectivity index (χ3v) is 4.17. The van der Waals surface area contributed by atoms with Gasteiger partial charge in [0, 0.05) is 11.4 Å². The number of sulfonamides is 1. The van der Waals surface area contributed by atoms with Gasteiger partial charge in [0.25, 0.3) is 10.0 Å². The molecular weight excluding hydrogens is 320 g/mol. The Morgan fingerprint density at radius 1 is 1.13 bits per heavy atom. The summed E-state index contributed by atoms with van der Waals surface area (Å²) in [5, 5.41) is 0. The maximum absolute atomic E-state index is 12.4. The average Bonchev–Trinajstić information content (AvgIpc) is 2.51. The lowest BCUT2D eigenvalue weighted by molar-refractivity contribution is 0.0596. The number of esters is 1. The number of hydrogen-bond acceptors (Lipinski definition) is 7.